The van der Waals surface area contributed by atoms with E-state index < -0.39 is 0 Å². The fourth-order valence-electron chi connectivity index (χ4n) is 1.31. The van der Waals surface area contributed by atoms with Crippen LogP contribution in [0, 0.1) is 5.41 Å². The molecule has 0 bridgehead atoms. The lowest BCUT2D eigenvalue weighted by Gasteiger charge is -2.12. The van der Waals surface area contributed by atoms with Gasteiger partial charge in [0, 0.05) is 6.54 Å². The van der Waals surface area contributed by atoms with E-state index in [9.17, 15) is 0 Å². The highest BCUT2D eigenvalue weighted by Crippen LogP contribution is 2.44. The summed E-state index contributed by atoms with van der Waals surface area (Å²) in [7, 11) is 0. The van der Waals surface area contributed by atoms with Gasteiger partial charge in [0.05, 0.1) is 9.34 Å². The number of halogens is 1. The van der Waals surface area contributed by atoms with Crippen molar-refractivity contribution in [2.24, 2.45) is 11.1 Å². The summed E-state index contributed by atoms with van der Waals surface area (Å²) in [5.41, 5.74) is 6.06. The van der Waals surface area contributed by atoms with E-state index in [0.717, 1.165) is 22.4 Å². The second kappa shape index (κ2) is 3.48. The van der Waals surface area contributed by atoms with Gasteiger partial charge in [-0.3, -0.25) is 0 Å². The zero-order valence-corrected chi connectivity index (χ0v) is 8.92. The molecule has 2 nitrogen and oxygen atoms in total. The van der Waals surface area contributed by atoms with Crippen LogP contribution in [0.25, 0.3) is 0 Å². The predicted molar refractivity (Wildman–Crippen MR) is 58.5 cm³/mol. The van der Waals surface area contributed by atoms with E-state index in [1.54, 1.807) is 11.3 Å². The first-order chi connectivity index (χ1) is 6.24. The van der Waals surface area contributed by atoms with Crippen molar-refractivity contribution in [1.82, 2.24) is 0 Å². The molecule has 0 aromatic carbocycles. The number of nitrogens with two attached hydrogens (primary N) is 1. The molecule has 13 heavy (non-hydrogen) atoms. The van der Waals surface area contributed by atoms with Gasteiger partial charge in [0.1, 0.15) is 0 Å². The highest BCUT2D eigenvalue weighted by Gasteiger charge is 2.40. The summed E-state index contributed by atoms with van der Waals surface area (Å²) in [5.74, 6) is 0. The molecule has 72 valence electrons. The summed E-state index contributed by atoms with van der Waals surface area (Å²) < 4.78 is 0.833. The monoisotopic (exact) mass is 216 g/mol. The Morgan fingerprint density at radius 3 is 2.77 bits per heavy atom. The zero-order valence-electron chi connectivity index (χ0n) is 7.35. The van der Waals surface area contributed by atoms with Gasteiger partial charge in [-0.2, -0.15) is 0 Å². The number of anilines is 1. The Morgan fingerprint density at radius 2 is 2.31 bits per heavy atom. The zero-order chi connectivity index (χ0) is 9.31. The predicted octanol–water partition coefficient (Wildman–Crippen LogP) is 2.55. The molecule has 1 fully saturated rings. The first kappa shape index (κ1) is 9.31. The standard InChI is InChI=1S/C9H13ClN2S/c10-7-1-2-8(13-7)12-6-9(5-11)3-4-9/h1-2,12H,3-6,11H2. The lowest BCUT2D eigenvalue weighted by molar-refractivity contribution is 0.556. The average Bonchev–Trinajstić information content (AvgIpc) is 2.81. The van der Waals surface area contributed by atoms with Crippen LogP contribution in [-0.2, 0) is 0 Å². The SMILES string of the molecule is NCC1(CNc2ccc(Cl)s2)CC1. The Hall–Kier alpha value is -0.250. The van der Waals surface area contributed by atoms with Crippen molar-refractivity contribution in [2.45, 2.75) is 12.8 Å². The van der Waals surface area contributed by atoms with Gasteiger partial charge in [-0.1, -0.05) is 11.6 Å². The van der Waals surface area contributed by atoms with E-state index in [1.807, 2.05) is 12.1 Å². The van der Waals surface area contributed by atoms with Crippen molar-refractivity contribution in [2.75, 3.05) is 18.4 Å². The Morgan fingerprint density at radius 1 is 1.54 bits per heavy atom. The van der Waals surface area contributed by atoms with E-state index >= 15 is 0 Å². The molecule has 3 N–H and O–H groups in total. The molecule has 2 rings (SSSR count). The van der Waals surface area contributed by atoms with Gasteiger partial charge >= 0.3 is 0 Å². The van der Waals surface area contributed by atoms with Crippen molar-refractivity contribution in [3.8, 4) is 0 Å². The van der Waals surface area contributed by atoms with Gasteiger partial charge in [0.15, 0.2) is 0 Å². The Kier molecular flexibility index (Phi) is 2.49. The highest BCUT2D eigenvalue weighted by molar-refractivity contribution is 7.19. The minimum atomic E-state index is 0.385. The van der Waals surface area contributed by atoms with Crippen LogP contribution in [0.15, 0.2) is 12.1 Å². The molecule has 0 spiro atoms. The van der Waals surface area contributed by atoms with Gasteiger partial charge in [-0.05, 0) is 36.9 Å². The smallest absolute Gasteiger partial charge is 0.0950 e. The lowest BCUT2D eigenvalue weighted by atomic mass is 10.1. The van der Waals surface area contributed by atoms with Gasteiger partial charge in [0.25, 0.3) is 0 Å². The largest absolute Gasteiger partial charge is 0.376 e. The molecule has 1 aromatic rings. The van der Waals surface area contributed by atoms with Crippen LogP contribution in [0.1, 0.15) is 12.8 Å². The normalized spacial score (nSPS) is 18.6. The van der Waals surface area contributed by atoms with Crippen LogP contribution in [0.2, 0.25) is 4.34 Å². The van der Waals surface area contributed by atoms with Crippen molar-refractivity contribution >= 4 is 27.9 Å². The van der Waals surface area contributed by atoms with Crippen LogP contribution < -0.4 is 11.1 Å². The van der Waals surface area contributed by atoms with Crippen molar-refractivity contribution in [3.05, 3.63) is 16.5 Å². The van der Waals surface area contributed by atoms with E-state index in [0.29, 0.717) is 5.41 Å². The van der Waals surface area contributed by atoms with Crippen molar-refractivity contribution in [1.29, 1.82) is 0 Å². The Bertz CT molecular complexity index is 294. The summed E-state index contributed by atoms with van der Waals surface area (Å²) >= 11 is 7.39. The number of nitrogens with one attached hydrogen (secondary N) is 1. The van der Waals surface area contributed by atoms with Gasteiger partial charge in [-0.15, -0.1) is 11.3 Å². The topological polar surface area (TPSA) is 38.0 Å². The van der Waals surface area contributed by atoms with Crippen molar-refractivity contribution < 1.29 is 0 Å². The molecular weight excluding hydrogens is 204 g/mol. The number of hydrogen-bond acceptors (Lipinski definition) is 3. The van der Waals surface area contributed by atoms with Gasteiger partial charge in [0.2, 0.25) is 0 Å². The fourth-order valence-corrected chi connectivity index (χ4v) is 2.25. The molecule has 0 saturated heterocycles. The van der Waals surface area contributed by atoms with Crippen LogP contribution in [0.4, 0.5) is 5.00 Å². The third-order valence-corrected chi connectivity index (χ3v) is 3.79. The second-order valence-corrected chi connectivity index (χ2v) is 5.38. The molecule has 0 amide bonds. The van der Waals surface area contributed by atoms with Gasteiger partial charge < -0.3 is 11.1 Å². The molecule has 0 unspecified atom stereocenters. The third kappa shape index (κ3) is 2.16. The van der Waals surface area contributed by atoms with E-state index in [2.05, 4.69) is 5.32 Å². The maximum Gasteiger partial charge on any atom is 0.0950 e. The summed E-state index contributed by atoms with van der Waals surface area (Å²) in [6.07, 6.45) is 2.52. The summed E-state index contributed by atoms with van der Waals surface area (Å²) in [6.45, 7) is 1.78. The first-order valence-corrected chi connectivity index (χ1v) is 5.63. The van der Waals surface area contributed by atoms with E-state index in [-0.39, 0.29) is 0 Å². The van der Waals surface area contributed by atoms with Gasteiger partial charge in [-0.25, -0.2) is 0 Å². The second-order valence-electron chi connectivity index (χ2n) is 3.66. The molecule has 0 radical (unpaired) electrons. The molecule has 1 saturated carbocycles. The highest BCUT2D eigenvalue weighted by atomic mass is 35.5. The minimum absolute atomic E-state index is 0.385. The van der Waals surface area contributed by atoms with E-state index in [1.165, 1.54) is 12.8 Å². The summed E-state index contributed by atoms with van der Waals surface area (Å²) in [5, 5.41) is 4.52. The molecular formula is C9H13ClN2S. The number of rotatable bonds is 4. The maximum atomic E-state index is 5.81. The summed E-state index contributed by atoms with van der Waals surface area (Å²) in [4.78, 5) is 0. The summed E-state index contributed by atoms with van der Waals surface area (Å²) in [6, 6.07) is 3.93. The quantitative estimate of drug-likeness (QED) is 0.812. The molecule has 1 aliphatic rings. The first-order valence-electron chi connectivity index (χ1n) is 4.43. The number of thiophene rings is 1. The Labute approximate surface area is 87.1 Å². The third-order valence-electron chi connectivity index (χ3n) is 2.60. The maximum absolute atomic E-state index is 5.81. The van der Waals surface area contributed by atoms with E-state index in [4.69, 9.17) is 17.3 Å². The fraction of sp³-hybridized carbons (Fsp3) is 0.556. The van der Waals surface area contributed by atoms with Crippen LogP contribution in [0.3, 0.4) is 0 Å². The minimum Gasteiger partial charge on any atom is -0.376 e. The molecule has 0 atom stereocenters. The van der Waals surface area contributed by atoms with Crippen LogP contribution >= 0.6 is 22.9 Å². The lowest BCUT2D eigenvalue weighted by Crippen LogP contribution is -2.23. The molecule has 4 heteroatoms. The van der Waals surface area contributed by atoms with Crippen molar-refractivity contribution in [3.63, 3.8) is 0 Å². The Balaban J connectivity index is 1.86. The molecule has 0 aliphatic heterocycles. The molecule has 1 heterocycles. The molecule has 1 aromatic heterocycles. The van der Waals surface area contributed by atoms with Crippen LogP contribution in [-0.4, -0.2) is 13.1 Å². The average molecular weight is 217 g/mol. The molecule has 1 aliphatic carbocycles. The van der Waals surface area contributed by atoms with Crippen LogP contribution in [0.5, 0.6) is 0 Å². The number of hydrogen-bond donors (Lipinski definition) is 2.